The summed E-state index contributed by atoms with van der Waals surface area (Å²) in [6.07, 6.45) is 1.60. The summed E-state index contributed by atoms with van der Waals surface area (Å²) < 4.78 is 26.1. The Bertz CT molecular complexity index is 364. The molecule has 2 atom stereocenters. The van der Waals surface area contributed by atoms with Crippen molar-refractivity contribution < 1.29 is 8.78 Å². The van der Waals surface area contributed by atoms with Gasteiger partial charge in [0.2, 0.25) is 0 Å². The van der Waals surface area contributed by atoms with Gasteiger partial charge in [-0.2, -0.15) is 11.8 Å². The first kappa shape index (κ1) is 11.9. The molecule has 1 aromatic carbocycles. The molecule has 1 saturated heterocycles. The van der Waals surface area contributed by atoms with Gasteiger partial charge in [0.15, 0.2) is 0 Å². The molecule has 1 heterocycles. The highest BCUT2D eigenvalue weighted by molar-refractivity contribution is 7.99. The normalized spacial score (nSPS) is 22.3. The quantitative estimate of drug-likeness (QED) is 0.883. The third kappa shape index (κ3) is 2.74. The first-order chi connectivity index (χ1) is 7.66. The average molecular weight is 243 g/mol. The molecule has 0 amide bonds. The van der Waals surface area contributed by atoms with Gasteiger partial charge in [-0.25, -0.2) is 8.78 Å². The fraction of sp³-hybridized carbons (Fsp3) is 0.500. The maximum atomic E-state index is 13.4. The molecule has 2 N–H and O–H groups in total. The number of nitrogens with two attached hydrogens (primary N) is 1. The number of rotatable bonds is 3. The Morgan fingerprint density at radius 1 is 1.44 bits per heavy atom. The highest BCUT2D eigenvalue weighted by Crippen LogP contribution is 2.27. The van der Waals surface area contributed by atoms with Gasteiger partial charge < -0.3 is 5.73 Å². The van der Waals surface area contributed by atoms with Crippen molar-refractivity contribution in [1.29, 1.82) is 0 Å². The van der Waals surface area contributed by atoms with E-state index in [2.05, 4.69) is 0 Å². The van der Waals surface area contributed by atoms with Crippen LogP contribution in [0.3, 0.4) is 0 Å². The van der Waals surface area contributed by atoms with Crippen LogP contribution in [-0.2, 0) is 6.42 Å². The SMILES string of the molecule is NC(Cc1ccc(F)cc1F)C1CCSC1. The van der Waals surface area contributed by atoms with Crippen LogP contribution in [0.15, 0.2) is 18.2 Å². The van der Waals surface area contributed by atoms with Crippen LogP contribution in [0.5, 0.6) is 0 Å². The predicted octanol–water partition coefficient (Wildman–Crippen LogP) is 2.59. The first-order valence-electron chi connectivity index (χ1n) is 5.44. The van der Waals surface area contributed by atoms with Crippen molar-refractivity contribution in [1.82, 2.24) is 0 Å². The molecule has 0 spiro atoms. The summed E-state index contributed by atoms with van der Waals surface area (Å²) >= 11 is 1.89. The summed E-state index contributed by atoms with van der Waals surface area (Å²) in [5.41, 5.74) is 6.56. The minimum atomic E-state index is -0.536. The van der Waals surface area contributed by atoms with Crippen molar-refractivity contribution >= 4 is 11.8 Å². The summed E-state index contributed by atoms with van der Waals surface area (Å²) in [5.74, 6) is 1.65. The molecule has 1 aliphatic rings. The number of benzene rings is 1. The monoisotopic (exact) mass is 243 g/mol. The van der Waals surface area contributed by atoms with E-state index in [1.165, 1.54) is 12.1 Å². The minimum absolute atomic E-state index is 0.0186. The molecule has 0 bridgehead atoms. The molecule has 1 aliphatic heterocycles. The van der Waals surface area contributed by atoms with Gasteiger partial charge in [0, 0.05) is 12.1 Å². The Labute approximate surface area is 98.4 Å². The van der Waals surface area contributed by atoms with Crippen LogP contribution in [0.4, 0.5) is 8.78 Å². The van der Waals surface area contributed by atoms with Crippen molar-refractivity contribution in [2.75, 3.05) is 11.5 Å². The third-order valence-electron chi connectivity index (χ3n) is 3.04. The van der Waals surface area contributed by atoms with Gasteiger partial charge in [-0.1, -0.05) is 6.07 Å². The van der Waals surface area contributed by atoms with E-state index >= 15 is 0 Å². The lowest BCUT2D eigenvalue weighted by molar-refractivity contribution is 0.453. The van der Waals surface area contributed by atoms with Crippen molar-refractivity contribution in [2.24, 2.45) is 11.7 Å². The summed E-state index contributed by atoms with van der Waals surface area (Å²) in [5, 5.41) is 0. The van der Waals surface area contributed by atoms with Crippen molar-refractivity contribution in [3.8, 4) is 0 Å². The molecule has 1 aromatic rings. The van der Waals surface area contributed by atoms with Crippen LogP contribution < -0.4 is 5.73 Å². The van der Waals surface area contributed by atoms with Gasteiger partial charge >= 0.3 is 0 Å². The van der Waals surface area contributed by atoms with Gasteiger partial charge in [0.1, 0.15) is 11.6 Å². The van der Waals surface area contributed by atoms with E-state index in [4.69, 9.17) is 5.73 Å². The zero-order valence-corrected chi connectivity index (χ0v) is 9.77. The van der Waals surface area contributed by atoms with Gasteiger partial charge in [-0.3, -0.25) is 0 Å². The largest absolute Gasteiger partial charge is 0.327 e. The van der Waals surface area contributed by atoms with E-state index in [1.54, 1.807) is 0 Å². The van der Waals surface area contributed by atoms with Gasteiger partial charge in [0.25, 0.3) is 0 Å². The minimum Gasteiger partial charge on any atom is -0.327 e. The topological polar surface area (TPSA) is 26.0 Å². The first-order valence-corrected chi connectivity index (χ1v) is 6.59. The van der Waals surface area contributed by atoms with E-state index in [-0.39, 0.29) is 6.04 Å². The van der Waals surface area contributed by atoms with Crippen molar-refractivity contribution in [3.63, 3.8) is 0 Å². The van der Waals surface area contributed by atoms with Gasteiger partial charge in [0.05, 0.1) is 0 Å². The number of hydrogen-bond acceptors (Lipinski definition) is 2. The summed E-state index contributed by atoms with van der Waals surface area (Å²) in [6, 6.07) is 3.68. The van der Waals surface area contributed by atoms with Crippen LogP contribution in [0.2, 0.25) is 0 Å². The molecule has 4 heteroatoms. The lowest BCUT2D eigenvalue weighted by Crippen LogP contribution is -2.32. The number of thioether (sulfide) groups is 1. The van der Waals surface area contributed by atoms with Crippen LogP contribution >= 0.6 is 11.8 Å². The summed E-state index contributed by atoms with van der Waals surface area (Å²) in [6.45, 7) is 0. The number of hydrogen-bond donors (Lipinski definition) is 1. The highest BCUT2D eigenvalue weighted by atomic mass is 32.2. The molecule has 0 aromatic heterocycles. The van der Waals surface area contributed by atoms with Gasteiger partial charge in [-0.05, 0) is 41.9 Å². The van der Waals surface area contributed by atoms with E-state index in [9.17, 15) is 8.78 Å². The summed E-state index contributed by atoms with van der Waals surface area (Å²) in [7, 11) is 0. The Morgan fingerprint density at radius 3 is 2.88 bits per heavy atom. The molecule has 16 heavy (non-hydrogen) atoms. The van der Waals surface area contributed by atoms with E-state index in [0.29, 0.717) is 17.9 Å². The average Bonchev–Trinajstić information content (AvgIpc) is 2.75. The molecule has 2 rings (SSSR count). The Balaban J connectivity index is 2.02. The molecule has 0 aliphatic carbocycles. The molecular formula is C12H15F2NS. The molecule has 2 unspecified atom stereocenters. The fourth-order valence-corrected chi connectivity index (χ4v) is 3.35. The maximum Gasteiger partial charge on any atom is 0.129 e. The molecule has 0 saturated carbocycles. The highest BCUT2D eigenvalue weighted by Gasteiger charge is 2.23. The fourth-order valence-electron chi connectivity index (χ4n) is 2.00. The molecule has 1 fully saturated rings. The van der Waals surface area contributed by atoms with Crippen molar-refractivity contribution in [3.05, 3.63) is 35.4 Å². The van der Waals surface area contributed by atoms with Crippen LogP contribution in [0, 0.1) is 17.6 Å². The van der Waals surface area contributed by atoms with Crippen LogP contribution in [0.25, 0.3) is 0 Å². The van der Waals surface area contributed by atoms with Gasteiger partial charge in [-0.15, -0.1) is 0 Å². The second-order valence-electron chi connectivity index (χ2n) is 4.23. The molecule has 0 radical (unpaired) electrons. The van der Waals surface area contributed by atoms with E-state index in [0.717, 1.165) is 24.0 Å². The Morgan fingerprint density at radius 2 is 2.25 bits per heavy atom. The Hall–Kier alpha value is -0.610. The third-order valence-corrected chi connectivity index (χ3v) is 4.23. The molecule has 88 valence electrons. The second kappa shape index (κ2) is 5.15. The van der Waals surface area contributed by atoms with E-state index < -0.39 is 11.6 Å². The Kier molecular flexibility index (Phi) is 3.82. The standard InChI is InChI=1S/C12H15F2NS/c13-10-2-1-8(11(14)6-10)5-12(15)9-3-4-16-7-9/h1-2,6,9,12H,3-5,7,15H2. The second-order valence-corrected chi connectivity index (χ2v) is 5.38. The van der Waals surface area contributed by atoms with Crippen LogP contribution in [0.1, 0.15) is 12.0 Å². The molecular weight excluding hydrogens is 228 g/mol. The van der Waals surface area contributed by atoms with Crippen molar-refractivity contribution in [2.45, 2.75) is 18.9 Å². The number of halogens is 2. The maximum absolute atomic E-state index is 13.4. The zero-order valence-electron chi connectivity index (χ0n) is 8.96. The lowest BCUT2D eigenvalue weighted by atomic mass is 9.94. The zero-order chi connectivity index (χ0) is 11.5. The smallest absolute Gasteiger partial charge is 0.129 e. The van der Waals surface area contributed by atoms with E-state index in [1.807, 2.05) is 11.8 Å². The lowest BCUT2D eigenvalue weighted by Gasteiger charge is -2.18. The summed E-state index contributed by atoms with van der Waals surface area (Å²) in [4.78, 5) is 0. The predicted molar refractivity (Wildman–Crippen MR) is 63.5 cm³/mol. The van der Waals surface area contributed by atoms with Crippen LogP contribution in [-0.4, -0.2) is 17.5 Å². The molecule has 1 nitrogen and oxygen atoms in total.